The van der Waals surface area contributed by atoms with Gasteiger partial charge in [0.2, 0.25) is 5.96 Å². The van der Waals surface area contributed by atoms with E-state index in [0.717, 1.165) is 6.54 Å². The second-order valence-electron chi connectivity index (χ2n) is 3.20. The Labute approximate surface area is 67.0 Å². The van der Waals surface area contributed by atoms with Crippen LogP contribution in [0, 0.1) is 5.41 Å². The first-order valence-electron chi connectivity index (χ1n) is 3.99. The van der Waals surface area contributed by atoms with Crippen LogP contribution in [-0.2, 0) is 0 Å². The van der Waals surface area contributed by atoms with Gasteiger partial charge in [0.15, 0.2) is 0 Å². The number of hydrazine groups is 1. The number of hydrogen-bond acceptors (Lipinski definition) is 2. The van der Waals surface area contributed by atoms with Crippen LogP contribution < -0.4 is 17.0 Å². The number of aliphatic imine (C=N–C) groups is 1. The summed E-state index contributed by atoms with van der Waals surface area (Å²) in [5.74, 6) is 5.40. The fraction of sp³-hybridized carbons (Fsp3) is 0.857. The van der Waals surface area contributed by atoms with Gasteiger partial charge in [-0.3, -0.25) is 10.4 Å². The molecule has 1 aliphatic rings. The number of nitrogens with one attached hydrogen (secondary N) is 1. The molecule has 0 spiro atoms. The van der Waals surface area contributed by atoms with Gasteiger partial charge in [-0.25, -0.2) is 5.84 Å². The highest BCUT2D eigenvalue weighted by Crippen LogP contribution is 2.48. The Morgan fingerprint density at radius 2 is 2.27 bits per heavy atom. The maximum Gasteiger partial charge on any atom is 0.203 e. The molecular formula is C7H16N4. The zero-order valence-corrected chi connectivity index (χ0v) is 6.93. The van der Waals surface area contributed by atoms with E-state index < -0.39 is 0 Å². The van der Waals surface area contributed by atoms with Gasteiger partial charge in [0.25, 0.3) is 0 Å². The lowest BCUT2D eigenvalue weighted by Crippen LogP contribution is -2.37. The molecule has 0 aromatic rings. The Kier molecular flexibility index (Phi) is 2.34. The first-order chi connectivity index (χ1) is 5.22. The molecule has 0 saturated heterocycles. The topological polar surface area (TPSA) is 76.4 Å². The third kappa shape index (κ3) is 2.08. The summed E-state index contributed by atoms with van der Waals surface area (Å²) >= 11 is 0. The first-order valence-corrected chi connectivity index (χ1v) is 3.99. The Balaban J connectivity index is 2.31. The van der Waals surface area contributed by atoms with Crippen LogP contribution in [0.2, 0.25) is 0 Å². The van der Waals surface area contributed by atoms with Crippen LogP contribution in [-0.4, -0.2) is 12.5 Å². The van der Waals surface area contributed by atoms with E-state index >= 15 is 0 Å². The summed E-state index contributed by atoms with van der Waals surface area (Å²) < 4.78 is 0. The first kappa shape index (κ1) is 8.33. The predicted molar refractivity (Wildman–Crippen MR) is 45.8 cm³/mol. The van der Waals surface area contributed by atoms with E-state index in [9.17, 15) is 0 Å². The van der Waals surface area contributed by atoms with Crippen LogP contribution in [0.5, 0.6) is 0 Å². The molecule has 4 heteroatoms. The molecule has 1 rings (SSSR count). The Morgan fingerprint density at radius 3 is 2.64 bits per heavy atom. The molecule has 0 bridgehead atoms. The van der Waals surface area contributed by atoms with Gasteiger partial charge in [-0.15, -0.1) is 0 Å². The van der Waals surface area contributed by atoms with Gasteiger partial charge in [0.05, 0.1) is 0 Å². The molecule has 0 heterocycles. The van der Waals surface area contributed by atoms with E-state index in [1.54, 1.807) is 0 Å². The maximum atomic E-state index is 5.38. The van der Waals surface area contributed by atoms with Crippen molar-refractivity contribution in [3.63, 3.8) is 0 Å². The van der Waals surface area contributed by atoms with E-state index in [2.05, 4.69) is 17.3 Å². The van der Waals surface area contributed by atoms with Gasteiger partial charge in [0, 0.05) is 6.54 Å². The van der Waals surface area contributed by atoms with Gasteiger partial charge < -0.3 is 5.73 Å². The molecule has 0 amide bonds. The van der Waals surface area contributed by atoms with Crippen molar-refractivity contribution in [3.8, 4) is 0 Å². The number of nitrogens with zero attached hydrogens (tertiary/aromatic N) is 1. The maximum absolute atomic E-state index is 5.38. The third-order valence-electron chi connectivity index (χ3n) is 2.44. The van der Waals surface area contributed by atoms with E-state index in [1.165, 1.54) is 19.3 Å². The summed E-state index contributed by atoms with van der Waals surface area (Å²) in [6.45, 7) is 3.01. The smallest absolute Gasteiger partial charge is 0.203 e. The number of nitrogens with two attached hydrogens (primary N) is 2. The number of rotatable bonds is 3. The molecule has 11 heavy (non-hydrogen) atoms. The van der Waals surface area contributed by atoms with E-state index in [-0.39, 0.29) is 0 Å². The van der Waals surface area contributed by atoms with Crippen molar-refractivity contribution in [2.24, 2.45) is 22.0 Å². The second kappa shape index (κ2) is 3.09. The number of guanidine groups is 1. The monoisotopic (exact) mass is 156 g/mol. The van der Waals surface area contributed by atoms with Crippen LogP contribution in [0.1, 0.15) is 26.2 Å². The highest BCUT2D eigenvalue weighted by molar-refractivity contribution is 5.77. The Morgan fingerprint density at radius 1 is 1.64 bits per heavy atom. The summed E-state index contributed by atoms with van der Waals surface area (Å²) in [5.41, 5.74) is 8.15. The molecule has 0 unspecified atom stereocenters. The van der Waals surface area contributed by atoms with Gasteiger partial charge in [-0.2, -0.15) is 0 Å². The van der Waals surface area contributed by atoms with Crippen molar-refractivity contribution in [3.05, 3.63) is 0 Å². The van der Waals surface area contributed by atoms with E-state index in [1.807, 2.05) is 0 Å². The van der Waals surface area contributed by atoms with E-state index in [0.29, 0.717) is 11.4 Å². The zero-order valence-electron chi connectivity index (χ0n) is 6.93. The lowest BCUT2D eigenvalue weighted by Gasteiger charge is -2.07. The van der Waals surface area contributed by atoms with Crippen molar-refractivity contribution in [1.29, 1.82) is 0 Å². The minimum absolute atomic E-state index is 0.338. The molecule has 64 valence electrons. The van der Waals surface area contributed by atoms with Crippen molar-refractivity contribution < 1.29 is 0 Å². The van der Waals surface area contributed by atoms with Crippen LogP contribution >= 0.6 is 0 Å². The predicted octanol–water partition coefficient (Wildman–Crippen LogP) is -0.0454. The zero-order chi connectivity index (χ0) is 8.32. The normalized spacial score (nSPS) is 21.5. The SMILES string of the molecule is CCC1(CN=C(N)NN)CC1. The molecule has 0 aliphatic heterocycles. The lowest BCUT2D eigenvalue weighted by atomic mass is 10.1. The standard InChI is InChI=1S/C7H16N4/c1-2-7(3-4-7)5-10-6(8)11-9/h2-5,9H2,1H3,(H3,8,10,11). The highest BCUT2D eigenvalue weighted by atomic mass is 15.3. The van der Waals surface area contributed by atoms with Crippen LogP contribution in [0.15, 0.2) is 4.99 Å². The largest absolute Gasteiger partial charge is 0.369 e. The van der Waals surface area contributed by atoms with Crippen LogP contribution in [0.3, 0.4) is 0 Å². The molecule has 0 aromatic heterocycles. The Hall–Kier alpha value is -0.770. The molecule has 0 aromatic carbocycles. The summed E-state index contributed by atoms with van der Waals surface area (Å²) in [7, 11) is 0. The fourth-order valence-corrected chi connectivity index (χ4v) is 1.10. The average Bonchev–Trinajstić information content (AvgIpc) is 2.81. The minimum Gasteiger partial charge on any atom is -0.369 e. The highest BCUT2D eigenvalue weighted by Gasteiger charge is 2.40. The van der Waals surface area contributed by atoms with Gasteiger partial charge >= 0.3 is 0 Å². The number of hydrogen-bond donors (Lipinski definition) is 3. The molecule has 4 nitrogen and oxygen atoms in total. The summed E-state index contributed by atoms with van der Waals surface area (Å²) in [6, 6.07) is 0. The quantitative estimate of drug-likeness (QED) is 0.232. The third-order valence-corrected chi connectivity index (χ3v) is 2.44. The van der Waals surface area contributed by atoms with Crippen LogP contribution in [0.25, 0.3) is 0 Å². The van der Waals surface area contributed by atoms with Crippen molar-refractivity contribution in [2.75, 3.05) is 6.54 Å². The summed E-state index contributed by atoms with van der Waals surface area (Å²) in [5, 5.41) is 0. The lowest BCUT2D eigenvalue weighted by molar-refractivity contribution is 0.505. The summed E-state index contributed by atoms with van der Waals surface area (Å²) in [6.07, 6.45) is 3.75. The molecule has 1 aliphatic carbocycles. The summed E-state index contributed by atoms with van der Waals surface area (Å²) in [4.78, 5) is 4.11. The van der Waals surface area contributed by atoms with Gasteiger partial charge in [-0.1, -0.05) is 6.92 Å². The second-order valence-corrected chi connectivity index (χ2v) is 3.20. The molecule has 0 radical (unpaired) electrons. The minimum atomic E-state index is 0.338. The Bertz CT molecular complexity index is 160. The van der Waals surface area contributed by atoms with Gasteiger partial charge in [-0.05, 0) is 24.7 Å². The molecular weight excluding hydrogens is 140 g/mol. The van der Waals surface area contributed by atoms with Gasteiger partial charge in [0.1, 0.15) is 0 Å². The molecule has 5 N–H and O–H groups in total. The van der Waals surface area contributed by atoms with Crippen molar-refractivity contribution >= 4 is 5.96 Å². The van der Waals surface area contributed by atoms with Crippen LogP contribution in [0.4, 0.5) is 0 Å². The van der Waals surface area contributed by atoms with Crippen molar-refractivity contribution in [2.45, 2.75) is 26.2 Å². The van der Waals surface area contributed by atoms with E-state index in [4.69, 9.17) is 11.6 Å². The molecule has 1 saturated carbocycles. The van der Waals surface area contributed by atoms with Crippen molar-refractivity contribution in [1.82, 2.24) is 5.43 Å². The molecule has 0 atom stereocenters. The molecule has 1 fully saturated rings. The fourth-order valence-electron chi connectivity index (χ4n) is 1.10. The average molecular weight is 156 g/mol.